The summed E-state index contributed by atoms with van der Waals surface area (Å²) in [4.78, 5) is 1.51. The lowest BCUT2D eigenvalue weighted by atomic mass is 10.2. The number of hydrogen-bond donors (Lipinski definition) is 0. The number of tetrazole rings is 1. The second-order valence-electron chi connectivity index (χ2n) is 4.92. The number of hydrogen-bond acceptors (Lipinski definition) is 5. The molecule has 0 bridgehead atoms. The normalized spacial score (nSPS) is 12.6. The summed E-state index contributed by atoms with van der Waals surface area (Å²) in [6.45, 7) is 0.693. The van der Waals surface area contributed by atoms with E-state index in [4.69, 9.17) is 21.1 Å². The molecule has 0 saturated carbocycles. The van der Waals surface area contributed by atoms with E-state index in [-0.39, 0.29) is 6.79 Å². The third kappa shape index (κ3) is 2.77. The number of nitrogens with zero attached hydrogens (tertiary/aromatic N) is 4. The van der Waals surface area contributed by atoms with E-state index in [1.165, 1.54) is 4.80 Å². The Kier molecular flexibility index (Phi) is 3.66. The number of halogens is 2. The molecule has 4 rings (SSSR count). The highest BCUT2D eigenvalue weighted by Gasteiger charge is 2.17. The van der Waals surface area contributed by atoms with Gasteiger partial charge in [-0.1, -0.05) is 39.7 Å². The third-order valence-corrected chi connectivity index (χ3v) is 4.49. The van der Waals surface area contributed by atoms with Crippen molar-refractivity contribution < 1.29 is 9.47 Å². The Morgan fingerprint density at radius 2 is 1.96 bits per heavy atom. The molecule has 1 aliphatic heterocycles. The first-order chi connectivity index (χ1) is 11.2. The van der Waals surface area contributed by atoms with Crippen molar-refractivity contribution in [2.75, 3.05) is 6.79 Å². The molecule has 23 heavy (non-hydrogen) atoms. The van der Waals surface area contributed by atoms with E-state index in [2.05, 4.69) is 31.3 Å². The summed E-state index contributed by atoms with van der Waals surface area (Å²) < 4.78 is 11.6. The monoisotopic (exact) mass is 392 g/mol. The summed E-state index contributed by atoms with van der Waals surface area (Å²) in [6.07, 6.45) is 0. The van der Waals surface area contributed by atoms with Crippen molar-refractivity contribution in [3.8, 4) is 22.9 Å². The van der Waals surface area contributed by atoms with Gasteiger partial charge in [-0.3, -0.25) is 0 Å². The molecule has 0 unspecified atom stereocenters. The number of aromatic nitrogens is 4. The van der Waals surface area contributed by atoms with Crippen molar-refractivity contribution in [3.05, 3.63) is 51.5 Å². The van der Waals surface area contributed by atoms with Crippen LogP contribution in [0, 0.1) is 0 Å². The number of ether oxygens (including phenoxy) is 2. The van der Waals surface area contributed by atoms with Crippen LogP contribution < -0.4 is 9.47 Å². The summed E-state index contributed by atoms with van der Waals surface area (Å²) in [6, 6.07) is 11.2. The highest BCUT2D eigenvalue weighted by Crippen LogP contribution is 2.37. The van der Waals surface area contributed by atoms with Crippen LogP contribution in [0.1, 0.15) is 5.56 Å². The van der Waals surface area contributed by atoms with Gasteiger partial charge in [0.25, 0.3) is 0 Å². The minimum atomic E-state index is 0.240. The van der Waals surface area contributed by atoms with Crippen LogP contribution in [0.4, 0.5) is 0 Å². The van der Waals surface area contributed by atoms with Crippen LogP contribution in [0.5, 0.6) is 11.5 Å². The molecule has 1 aromatic heterocycles. The van der Waals surface area contributed by atoms with Crippen LogP contribution in [0.15, 0.2) is 40.9 Å². The molecule has 3 aromatic rings. The van der Waals surface area contributed by atoms with Crippen molar-refractivity contribution in [3.63, 3.8) is 0 Å². The molecule has 0 spiro atoms. The van der Waals surface area contributed by atoms with E-state index < -0.39 is 0 Å². The molecule has 1 aliphatic rings. The van der Waals surface area contributed by atoms with Gasteiger partial charge >= 0.3 is 0 Å². The van der Waals surface area contributed by atoms with Gasteiger partial charge in [0.05, 0.1) is 11.6 Å². The first-order valence-corrected chi connectivity index (χ1v) is 7.98. The van der Waals surface area contributed by atoms with Gasteiger partial charge in [-0.15, -0.1) is 10.2 Å². The fourth-order valence-electron chi connectivity index (χ4n) is 2.29. The molecule has 0 N–H and O–H groups in total. The molecule has 116 valence electrons. The Labute approximate surface area is 145 Å². The zero-order valence-corrected chi connectivity index (χ0v) is 14.1. The quantitative estimate of drug-likeness (QED) is 0.681. The van der Waals surface area contributed by atoms with E-state index in [9.17, 15) is 0 Å². The smallest absolute Gasteiger partial charge is 0.231 e. The molecule has 8 heteroatoms. The molecule has 6 nitrogen and oxygen atoms in total. The maximum absolute atomic E-state index is 6.16. The van der Waals surface area contributed by atoms with Crippen LogP contribution in [-0.4, -0.2) is 27.0 Å². The molecular formula is C15H10BrClN4O2. The Balaban J connectivity index is 1.63. The standard InChI is InChI=1S/C15H10BrClN4O2/c16-11-6-14-13(22-8-23-14)5-9(11)7-21-19-15(18-20-21)10-3-1-2-4-12(10)17/h1-6H,7-8H2. The summed E-state index contributed by atoms with van der Waals surface area (Å²) in [5.74, 6) is 1.94. The summed E-state index contributed by atoms with van der Waals surface area (Å²) in [7, 11) is 0. The topological polar surface area (TPSA) is 62.1 Å². The summed E-state index contributed by atoms with van der Waals surface area (Å²) in [5, 5.41) is 13.1. The predicted molar refractivity (Wildman–Crippen MR) is 87.6 cm³/mol. The van der Waals surface area contributed by atoms with E-state index in [0.717, 1.165) is 27.1 Å². The van der Waals surface area contributed by atoms with Crippen LogP contribution in [0.2, 0.25) is 5.02 Å². The van der Waals surface area contributed by atoms with Crippen LogP contribution in [0.3, 0.4) is 0 Å². The summed E-state index contributed by atoms with van der Waals surface area (Å²) >= 11 is 9.69. The van der Waals surface area contributed by atoms with Crippen LogP contribution in [0.25, 0.3) is 11.4 Å². The highest BCUT2D eigenvalue weighted by molar-refractivity contribution is 9.10. The Bertz CT molecular complexity index is 884. The summed E-state index contributed by atoms with van der Waals surface area (Å²) in [5.41, 5.74) is 1.72. The first kappa shape index (κ1) is 14.5. The van der Waals surface area contributed by atoms with Gasteiger partial charge in [0.1, 0.15) is 0 Å². The minimum absolute atomic E-state index is 0.240. The lowest BCUT2D eigenvalue weighted by Crippen LogP contribution is -2.04. The van der Waals surface area contributed by atoms with E-state index in [1.54, 1.807) is 6.07 Å². The number of benzene rings is 2. The van der Waals surface area contributed by atoms with Crippen molar-refractivity contribution in [2.24, 2.45) is 0 Å². The molecule has 0 atom stereocenters. The van der Waals surface area contributed by atoms with Gasteiger partial charge in [-0.2, -0.15) is 4.80 Å². The van der Waals surface area contributed by atoms with Crippen molar-refractivity contribution >= 4 is 27.5 Å². The van der Waals surface area contributed by atoms with Gasteiger partial charge in [-0.25, -0.2) is 0 Å². The first-order valence-electron chi connectivity index (χ1n) is 6.81. The number of rotatable bonds is 3. The maximum Gasteiger partial charge on any atom is 0.231 e. The third-order valence-electron chi connectivity index (χ3n) is 3.42. The average molecular weight is 394 g/mol. The second kappa shape index (κ2) is 5.82. The minimum Gasteiger partial charge on any atom is -0.454 e. The van der Waals surface area contributed by atoms with Crippen LogP contribution in [-0.2, 0) is 6.54 Å². The van der Waals surface area contributed by atoms with Gasteiger partial charge in [0, 0.05) is 10.0 Å². The van der Waals surface area contributed by atoms with Crippen LogP contribution >= 0.6 is 27.5 Å². The molecule has 0 aliphatic carbocycles. The van der Waals surface area contributed by atoms with E-state index in [0.29, 0.717) is 17.4 Å². The van der Waals surface area contributed by atoms with Gasteiger partial charge in [-0.05, 0) is 35.0 Å². The fourth-order valence-corrected chi connectivity index (χ4v) is 2.96. The Morgan fingerprint density at radius 3 is 2.78 bits per heavy atom. The Hall–Kier alpha value is -2.12. The molecule has 0 saturated heterocycles. The molecule has 0 radical (unpaired) electrons. The van der Waals surface area contributed by atoms with Crippen molar-refractivity contribution in [2.45, 2.75) is 6.54 Å². The van der Waals surface area contributed by atoms with E-state index in [1.807, 2.05) is 30.3 Å². The maximum atomic E-state index is 6.16. The van der Waals surface area contributed by atoms with Gasteiger partial charge in [0.15, 0.2) is 11.5 Å². The largest absolute Gasteiger partial charge is 0.454 e. The molecule has 2 heterocycles. The highest BCUT2D eigenvalue weighted by atomic mass is 79.9. The van der Waals surface area contributed by atoms with E-state index >= 15 is 0 Å². The van der Waals surface area contributed by atoms with Gasteiger partial charge in [0.2, 0.25) is 12.6 Å². The fraction of sp³-hybridized carbons (Fsp3) is 0.133. The second-order valence-corrected chi connectivity index (χ2v) is 6.18. The van der Waals surface area contributed by atoms with Crippen molar-refractivity contribution in [1.29, 1.82) is 0 Å². The predicted octanol–water partition coefficient (Wildman–Crippen LogP) is 3.53. The average Bonchev–Trinajstić information content (AvgIpc) is 3.17. The van der Waals surface area contributed by atoms with Crippen molar-refractivity contribution in [1.82, 2.24) is 20.2 Å². The zero-order valence-electron chi connectivity index (χ0n) is 11.7. The SMILES string of the molecule is Clc1ccccc1-c1nnn(Cc2cc3c(cc2Br)OCO3)n1. The molecular weight excluding hydrogens is 384 g/mol. The molecule has 2 aromatic carbocycles. The zero-order chi connectivity index (χ0) is 15.8. The molecule has 0 amide bonds. The Morgan fingerprint density at radius 1 is 1.17 bits per heavy atom. The molecule has 0 fully saturated rings. The van der Waals surface area contributed by atoms with Gasteiger partial charge < -0.3 is 9.47 Å². The number of fused-ring (bicyclic) bond motifs is 1. The lowest BCUT2D eigenvalue weighted by Gasteiger charge is -2.05. The lowest BCUT2D eigenvalue weighted by molar-refractivity contribution is 0.174.